The lowest BCUT2D eigenvalue weighted by Crippen LogP contribution is -2.16. The molecular weight excluding hydrogens is 256 g/mol. The summed E-state index contributed by atoms with van der Waals surface area (Å²) in [5, 5.41) is 2.60. The highest BCUT2D eigenvalue weighted by Gasteiger charge is 2.08. The normalized spacial score (nSPS) is 10.7. The van der Waals surface area contributed by atoms with Crippen molar-refractivity contribution in [2.24, 2.45) is 5.73 Å². The first-order valence-electron chi connectivity index (χ1n) is 6.00. The van der Waals surface area contributed by atoms with Crippen molar-refractivity contribution in [3.05, 3.63) is 59.6 Å². The summed E-state index contributed by atoms with van der Waals surface area (Å²) in [4.78, 5) is 23.0. The fourth-order valence-electron chi connectivity index (χ4n) is 1.68. The molecule has 5 heteroatoms. The molecule has 2 rings (SSSR count). The largest absolute Gasteiger partial charge is 0.462 e. The van der Waals surface area contributed by atoms with Gasteiger partial charge in [-0.25, -0.2) is 0 Å². The highest BCUT2D eigenvalue weighted by molar-refractivity contribution is 6.07. The second-order valence-electron chi connectivity index (χ2n) is 4.18. The summed E-state index contributed by atoms with van der Waals surface area (Å²) in [6.45, 7) is 1.82. The van der Waals surface area contributed by atoms with Crippen molar-refractivity contribution in [3.8, 4) is 0 Å². The molecule has 0 aliphatic rings. The lowest BCUT2D eigenvalue weighted by molar-refractivity contribution is -0.111. The lowest BCUT2D eigenvalue weighted by atomic mass is 10.1. The van der Waals surface area contributed by atoms with Crippen LogP contribution in [0.3, 0.4) is 0 Å². The molecule has 102 valence electrons. The van der Waals surface area contributed by atoms with Crippen LogP contribution in [0.5, 0.6) is 0 Å². The van der Waals surface area contributed by atoms with E-state index in [2.05, 4.69) is 5.32 Å². The Bertz CT molecular complexity index is 671. The molecule has 0 radical (unpaired) electrons. The number of para-hydroxylation sites is 1. The Hall–Kier alpha value is -2.82. The topological polar surface area (TPSA) is 85.3 Å². The molecule has 0 saturated carbocycles. The van der Waals surface area contributed by atoms with Gasteiger partial charge in [-0.3, -0.25) is 9.59 Å². The van der Waals surface area contributed by atoms with Gasteiger partial charge in [0.15, 0.2) is 0 Å². The first-order chi connectivity index (χ1) is 9.56. The molecule has 0 spiro atoms. The smallest absolute Gasteiger partial charge is 0.250 e. The van der Waals surface area contributed by atoms with E-state index in [1.54, 1.807) is 42.5 Å². The number of furan rings is 1. The van der Waals surface area contributed by atoms with Crippen molar-refractivity contribution in [1.82, 2.24) is 0 Å². The molecule has 0 unspecified atom stereocenters. The van der Waals surface area contributed by atoms with Crippen molar-refractivity contribution in [3.63, 3.8) is 0 Å². The molecule has 0 aliphatic heterocycles. The van der Waals surface area contributed by atoms with Gasteiger partial charge in [0.25, 0.3) is 5.91 Å². The summed E-state index contributed by atoms with van der Waals surface area (Å²) in [5.74, 6) is 0.393. The van der Waals surface area contributed by atoms with Crippen LogP contribution in [0.2, 0.25) is 0 Å². The molecule has 0 bridgehead atoms. The van der Waals surface area contributed by atoms with Crippen LogP contribution >= 0.6 is 0 Å². The molecule has 20 heavy (non-hydrogen) atoms. The number of nitrogens with one attached hydrogen (secondary N) is 1. The van der Waals surface area contributed by atoms with Crippen LogP contribution in [0, 0.1) is 6.92 Å². The SMILES string of the molecule is Cc1ccc(/C=C\C(=O)Nc2ccccc2C(N)=O)o1. The second kappa shape index (κ2) is 5.88. The minimum absolute atomic E-state index is 0.267. The third-order valence-electron chi connectivity index (χ3n) is 2.61. The average Bonchev–Trinajstić information content (AvgIpc) is 2.83. The molecular formula is C15H14N2O3. The Morgan fingerprint density at radius 1 is 1.20 bits per heavy atom. The Morgan fingerprint density at radius 3 is 2.60 bits per heavy atom. The maximum atomic E-state index is 11.8. The minimum Gasteiger partial charge on any atom is -0.462 e. The number of aryl methyl sites for hydroxylation is 1. The van der Waals surface area contributed by atoms with Crippen LogP contribution in [-0.4, -0.2) is 11.8 Å². The van der Waals surface area contributed by atoms with E-state index in [4.69, 9.17) is 10.2 Å². The van der Waals surface area contributed by atoms with E-state index in [9.17, 15) is 9.59 Å². The standard InChI is InChI=1S/C15H14N2O3/c1-10-6-7-11(20-10)8-9-14(18)17-13-5-3-2-4-12(13)15(16)19/h2-9H,1H3,(H2,16,19)(H,17,18)/b9-8-. The zero-order valence-electron chi connectivity index (χ0n) is 10.9. The number of amides is 2. The zero-order valence-corrected chi connectivity index (χ0v) is 10.9. The number of hydrogen-bond donors (Lipinski definition) is 2. The molecule has 3 N–H and O–H groups in total. The van der Waals surface area contributed by atoms with E-state index in [0.29, 0.717) is 11.4 Å². The molecule has 0 fully saturated rings. The summed E-state index contributed by atoms with van der Waals surface area (Å²) >= 11 is 0. The van der Waals surface area contributed by atoms with Crippen LogP contribution in [0.15, 0.2) is 46.9 Å². The highest BCUT2D eigenvalue weighted by atomic mass is 16.3. The quantitative estimate of drug-likeness (QED) is 0.836. The van der Waals surface area contributed by atoms with Gasteiger partial charge in [0.05, 0.1) is 11.3 Å². The van der Waals surface area contributed by atoms with Crippen LogP contribution in [0.25, 0.3) is 6.08 Å². The van der Waals surface area contributed by atoms with Gasteiger partial charge >= 0.3 is 0 Å². The fraction of sp³-hybridized carbons (Fsp3) is 0.0667. The molecule has 5 nitrogen and oxygen atoms in total. The average molecular weight is 270 g/mol. The molecule has 0 aliphatic carbocycles. The molecule has 1 aromatic carbocycles. The van der Waals surface area contributed by atoms with Gasteiger partial charge in [0.1, 0.15) is 11.5 Å². The van der Waals surface area contributed by atoms with Gasteiger partial charge in [0.2, 0.25) is 5.91 Å². The van der Waals surface area contributed by atoms with E-state index in [1.807, 2.05) is 6.92 Å². The maximum Gasteiger partial charge on any atom is 0.250 e. The van der Waals surface area contributed by atoms with Crippen molar-refractivity contribution in [2.45, 2.75) is 6.92 Å². The number of carbonyl (C=O) groups excluding carboxylic acids is 2. The van der Waals surface area contributed by atoms with E-state index < -0.39 is 5.91 Å². The van der Waals surface area contributed by atoms with Crippen LogP contribution < -0.4 is 11.1 Å². The molecule has 0 saturated heterocycles. The predicted octanol–water partition coefficient (Wildman–Crippen LogP) is 2.34. The van der Waals surface area contributed by atoms with Gasteiger partial charge in [-0.15, -0.1) is 0 Å². The zero-order chi connectivity index (χ0) is 14.5. The van der Waals surface area contributed by atoms with Gasteiger partial charge in [-0.05, 0) is 37.3 Å². The van der Waals surface area contributed by atoms with Gasteiger partial charge < -0.3 is 15.5 Å². The van der Waals surface area contributed by atoms with Crippen LogP contribution in [0.1, 0.15) is 21.9 Å². The summed E-state index contributed by atoms with van der Waals surface area (Å²) in [5.41, 5.74) is 5.88. The van der Waals surface area contributed by atoms with Crippen LogP contribution in [-0.2, 0) is 4.79 Å². The number of rotatable bonds is 4. The Labute approximate surface area is 116 Å². The number of anilines is 1. The molecule has 0 atom stereocenters. The Balaban J connectivity index is 2.09. The summed E-state index contributed by atoms with van der Waals surface area (Å²) in [6, 6.07) is 10.1. The molecule has 2 aromatic rings. The number of carbonyl (C=O) groups is 2. The van der Waals surface area contributed by atoms with Crippen molar-refractivity contribution in [1.29, 1.82) is 0 Å². The number of hydrogen-bond acceptors (Lipinski definition) is 3. The molecule has 1 aromatic heterocycles. The van der Waals surface area contributed by atoms with Crippen molar-refractivity contribution >= 4 is 23.6 Å². The maximum absolute atomic E-state index is 11.8. The Kier molecular flexibility index (Phi) is 4.00. The highest BCUT2D eigenvalue weighted by Crippen LogP contribution is 2.14. The molecule has 2 amide bonds. The third-order valence-corrected chi connectivity index (χ3v) is 2.61. The first kappa shape index (κ1) is 13.6. The first-order valence-corrected chi connectivity index (χ1v) is 6.00. The monoisotopic (exact) mass is 270 g/mol. The third kappa shape index (κ3) is 3.35. The van der Waals surface area contributed by atoms with Gasteiger partial charge in [-0.2, -0.15) is 0 Å². The van der Waals surface area contributed by atoms with Gasteiger partial charge in [-0.1, -0.05) is 12.1 Å². The van der Waals surface area contributed by atoms with Crippen molar-refractivity contribution < 1.29 is 14.0 Å². The van der Waals surface area contributed by atoms with Gasteiger partial charge in [0, 0.05) is 6.08 Å². The second-order valence-corrected chi connectivity index (χ2v) is 4.18. The van der Waals surface area contributed by atoms with Crippen molar-refractivity contribution in [2.75, 3.05) is 5.32 Å². The number of primary amides is 1. The Morgan fingerprint density at radius 2 is 1.95 bits per heavy atom. The van der Waals surface area contributed by atoms with E-state index in [1.165, 1.54) is 6.08 Å². The summed E-state index contributed by atoms with van der Waals surface area (Å²) in [7, 11) is 0. The summed E-state index contributed by atoms with van der Waals surface area (Å²) < 4.78 is 5.31. The number of benzene rings is 1. The predicted molar refractivity (Wildman–Crippen MR) is 76.1 cm³/mol. The van der Waals surface area contributed by atoms with E-state index in [0.717, 1.165) is 5.76 Å². The number of nitrogens with two attached hydrogens (primary N) is 1. The summed E-state index contributed by atoms with van der Waals surface area (Å²) in [6.07, 6.45) is 2.88. The minimum atomic E-state index is -0.591. The van der Waals surface area contributed by atoms with Crippen LogP contribution in [0.4, 0.5) is 5.69 Å². The van der Waals surface area contributed by atoms with E-state index >= 15 is 0 Å². The van der Waals surface area contributed by atoms with E-state index in [-0.39, 0.29) is 11.5 Å². The molecule has 1 heterocycles. The lowest BCUT2D eigenvalue weighted by Gasteiger charge is -2.06. The fourth-order valence-corrected chi connectivity index (χ4v) is 1.68.